The quantitative estimate of drug-likeness (QED) is 0.127. The maximum atomic E-state index is 2.71. The van der Waals surface area contributed by atoms with Crippen LogP contribution in [0.4, 0.5) is 0 Å². The fourth-order valence-corrected chi connectivity index (χ4v) is 30.3. The minimum atomic E-state index is -3.17. The molecule has 0 fully saturated rings. The van der Waals surface area contributed by atoms with Crippen LogP contribution < -0.4 is 13.7 Å². The van der Waals surface area contributed by atoms with E-state index in [0.29, 0.717) is 19.2 Å². The van der Waals surface area contributed by atoms with Gasteiger partial charge in [-0.1, -0.05) is 0 Å². The van der Waals surface area contributed by atoms with Crippen molar-refractivity contribution in [1.82, 2.24) is 0 Å². The van der Waals surface area contributed by atoms with Crippen molar-refractivity contribution in [2.45, 2.75) is 89.4 Å². The Balaban J connectivity index is 1.33. The number of hydrogen-bond donors (Lipinski definition) is 0. The molecule has 6 aromatic rings. The molecule has 2 heteroatoms. The Kier molecular flexibility index (Phi) is 10.5. The summed E-state index contributed by atoms with van der Waals surface area (Å²) in [5, 5.41) is 3.40. The van der Waals surface area contributed by atoms with Gasteiger partial charge in [-0.15, -0.1) is 0 Å². The molecule has 0 saturated carbocycles. The number of fused-ring (bicyclic) bond motifs is 5. The summed E-state index contributed by atoms with van der Waals surface area (Å²) in [4.78, 5) is 0. The van der Waals surface area contributed by atoms with E-state index in [1.54, 1.807) is 38.2 Å². The first kappa shape index (κ1) is 39.4. The van der Waals surface area contributed by atoms with Crippen LogP contribution in [0.15, 0.2) is 114 Å². The van der Waals surface area contributed by atoms with Gasteiger partial charge in [0.05, 0.1) is 0 Å². The third-order valence-electron chi connectivity index (χ3n) is 13.6. The van der Waals surface area contributed by atoms with E-state index in [-0.39, 0.29) is 0 Å². The standard InChI is InChI=1S/2C22H25.C12H9Si.Hf/c2*1-14(2)9-18-12-19-7-6-8-20(22(19)13-18)21-11-15(3)10-16(4)17(21)5;1-3-7-11-9(5-1)10-6-2-4-8-12(10)13-11;/h2*6-8,10-14H,9H2,1-5H3;1-7H,13H2;. The van der Waals surface area contributed by atoms with E-state index in [2.05, 4.69) is 185 Å². The van der Waals surface area contributed by atoms with Crippen molar-refractivity contribution in [3.63, 3.8) is 0 Å². The first-order valence-corrected chi connectivity index (χ1v) is 29.2. The normalized spacial score (nSPS) is 16.8. The van der Waals surface area contributed by atoms with Crippen LogP contribution in [0.2, 0.25) is 0 Å². The molecule has 0 saturated heterocycles. The zero-order valence-corrected chi connectivity index (χ0v) is 41.4. The van der Waals surface area contributed by atoms with Crippen LogP contribution in [0, 0.1) is 53.4 Å². The van der Waals surface area contributed by atoms with Crippen molar-refractivity contribution < 1.29 is 21.4 Å². The van der Waals surface area contributed by atoms with Gasteiger partial charge in [0.25, 0.3) is 0 Å². The van der Waals surface area contributed by atoms with Gasteiger partial charge in [0.15, 0.2) is 0 Å². The molecule has 2 unspecified atom stereocenters. The SMILES string of the molecule is Cc1cc(C)c(C)c(-c2cccc3c2C=C(CC(C)C)[CH]3[Hf]([c]2cccc3c2[SiH2]c2ccccc2-3)[CH]2C(CC(C)C)=Cc3c(-c4cc(C)cc(C)c4C)cccc32)c1. The molecule has 1 aliphatic heterocycles. The maximum absolute atomic E-state index is 3.17. The van der Waals surface area contributed by atoms with Crippen LogP contribution in [0.5, 0.6) is 0 Å². The summed E-state index contributed by atoms with van der Waals surface area (Å²) in [6.07, 6.45) is 7.72. The molecule has 2 aliphatic carbocycles. The van der Waals surface area contributed by atoms with Gasteiger partial charge in [0.2, 0.25) is 0 Å². The fraction of sp³-hybridized carbons (Fsp3) is 0.286. The van der Waals surface area contributed by atoms with E-state index in [9.17, 15) is 0 Å². The number of benzene rings is 6. The second-order valence-corrected chi connectivity index (χ2v) is 29.9. The monoisotopic (exact) mass is 939 g/mol. The van der Waals surface area contributed by atoms with Crippen LogP contribution in [0.3, 0.4) is 0 Å². The first-order chi connectivity index (χ1) is 27.9. The minimum absolute atomic E-state index is 0.482. The molecule has 291 valence electrons. The molecule has 9 rings (SSSR count). The summed E-state index contributed by atoms with van der Waals surface area (Å²) >= 11 is -3.17. The van der Waals surface area contributed by atoms with Gasteiger partial charge >= 0.3 is 361 Å². The van der Waals surface area contributed by atoms with Gasteiger partial charge in [-0.05, 0) is 0 Å². The first-order valence-electron chi connectivity index (χ1n) is 21.8. The van der Waals surface area contributed by atoms with Crippen LogP contribution in [-0.4, -0.2) is 9.52 Å². The van der Waals surface area contributed by atoms with Gasteiger partial charge in [-0.3, -0.25) is 0 Å². The van der Waals surface area contributed by atoms with Crippen LogP contribution in [-0.2, 0) is 21.4 Å². The van der Waals surface area contributed by atoms with Gasteiger partial charge in [0, 0.05) is 0 Å². The third-order valence-corrected chi connectivity index (χ3v) is 30.2. The molecule has 0 nitrogen and oxygen atoms in total. The molecular formula is C56H59HfSi. The third kappa shape index (κ3) is 6.77. The summed E-state index contributed by atoms with van der Waals surface area (Å²) < 4.78 is 2.78. The summed E-state index contributed by atoms with van der Waals surface area (Å²) in [6.45, 7) is 23.5. The molecule has 0 radical (unpaired) electrons. The van der Waals surface area contributed by atoms with Crippen molar-refractivity contribution in [3.8, 4) is 33.4 Å². The molecule has 0 amide bonds. The Labute approximate surface area is 358 Å². The molecule has 0 N–H and O–H groups in total. The molecule has 1 heterocycles. The molecule has 0 bridgehead atoms. The van der Waals surface area contributed by atoms with Gasteiger partial charge in [-0.2, -0.15) is 0 Å². The van der Waals surface area contributed by atoms with E-state index in [4.69, 9.17) is 0 Å². The van der Waals surface area contributed by atoms with Gasteiger partial charge in [0.1, 0.15) is 0 Å². The van der Waals surface area contributed by atoms with E-state index in [1.165, 1.54) is 72.3 Å². The summed E-state index contributed by atoms with van der Waals surface area (Å²) in [5.74, 6) is 1.17. The molecule has 0 aromatic heterocycles. The van der Waals surface area contributed by atoms with Crippen molar-refractivity contribution in [2.75, 3.05) is 0 Å². The Bertz CT molecular complexity index is 2550. The van der Waals surface area contributed by atoms with E-state index in [1.807, 2.05) is 3.32 Å². The topological polar surface area (TPSA) is 0 Å². The molecule has 6 aromatic carbocycles. The average molecular weight is 939 g/mol. The molecule has 0 spiro atoms. The zero-order valence-electron chi connectivity index (χ0n) is 36.4. The Morgan fingerprint density at radius 2 is 0.966 bits per heavy atom. The molecular weight excluding hydrogens is 879 g/mol. The second-order valence-electron chi connectivity index (χ2n) is 18.7. The Hall–Kier alpha value is -4.11. The second kappa shape index (κ2) is 15.5. The van der Waals surface area contributed by atoms with Gasteiger partial charge < -0.3 is 0 Å². The Morgan fingerprint density at radius 3 is 1.48 bits per heavy atom. The summed E-state index contributed by atoms with van der Waals surface area (Å²) in [7, 11) is -0.628. The summed E-state index contributed by atoms with van der Waals surface area (Å²) in [5.41, 5.74) is 26.6. The predicted octanol–water partition coefficient (Wildman–Crippen LogP) is 12.6. The predicted molar refractivity (Wildman–Crippen MR) is 252 cm³/mol. The number of hydrogen-bond acceptors (Lipinski definition) is 0. The zero-order chi connectivity index (χ0) is 40.6. The van der Waals surface area contributed by atoms with Crippen molar-refractivity contribution in [1.29, 1.82) is 0 Å². The Morgan fingerprint density at radius 1 is 0.500 bits per heavy atom. The van der Waals surface area contributed by atoms with Crippen LogP contribution in [0.1, 0.15) is 104 Å². The molecule has 2 atom stereocenters. The number of allylic oxidation sites excluding steroid dienone is 2. The molecule has 58 heavy (non-hydrogen) atoms. The average Bonchev–Trinajstić information content (AvgIpc) is 3.86. The summed E-state index contributed by atoms with van der Waals surface area (Å²) in [6, 6.07) is 41.3. The van der Waals surface area contributed by atoms with E-state index < -0.39 is 31.0 Å². The van der Waals surface area contributed by atoms with Crippen LogP contribution >= 0.6 is 0 Å². The fourth-order valence-electron chi connectivity index (χ4n) is 11.0. The van der Waals surface area contributed by atoms with Crippen LogP contribution in [0.25, 0.3) is 45.5 Å². The number of aryl methyl sites for hydroxylation is 4. The number of rotatable bonds is 9. The van der Waals surface area contributed by atoms with Gasteiger partial charge in [-0.25, -0.2) is 0 Å². The molecule has 3 aliphatic rings. The van der Waals surface area contributed by atoms with E-state index >= 15 is 0 Å². The van der Waals surface area contributed by atoms with Crippen molar-refractivity contribution in [3.05, 3.63) is 170 Å². The van der Waals surface area contributed by atoms with Crippen molar-refractivity contribution >= 4 is 35.4 Å². The van der Waals surface area contributed by atoms with E-state index in [0.717, 1.165) is 12.8 Å². The van der Waals surface area contributed by atoms with Crippen molar-refractivity contribution in [2.24, 2.45) is 11.8 Å².